The smallest absolute Gasteiger partial charge is 0.294 e. The van der Waals surface area contributed by atoms with E-state index >= 15 is 0 Å². The Balaban J connectivity index is 1.77. The van der Waals surface area contributed by atoms with Gasteiger partial charge >= 0.3 is 6.18 Å². The topological polar surface area (TPSA) is 30.0 Å². The number of carbonyl (C=O) groups is 1. The molecule has 0 aliphatic rings. The van der Waals surface area contributed by atoms with Gasteiger partial charge in [0, 0.05) is 17.9 Å². The second kappa shape index (κ2) is 7.53. The molecule has 3 aromatic rings. The fourth-order valence-electron chi connectivity index (χ4n) is 2.74. The average Bonchev–Trinajstić information content (AvgIpc) is 3.02. The van der Waals surface area contributed by atoms with Crippen LogP contribution in [0.4, 0.5) is 17.6 Å². The highest BCUT2D eigenvalue weighted by atomic mass is 32.1. The fourth-order valence-corrected chi connectivity index (χ4v) is 3.84. The molecule has 0 aliphatic carbocycles. The standard InChI is InChI=1S/C19H15F4NOS/c20-14-8-5-12(6-9-14)16(25)10-7-13(11-19(21,22)23)18-24-15-3-1-2-4-17(15)26-18/h1-6,8-9,13H,7,10-11H2. The van der Waals surface area contributed by atoms with Crippen molar-refractivity contribution >= 4 is 27.3 Å². The molecular weight excluding hydrogens is 366 g/mol. The van der Waals surface area contributed by atoms with Crippen molar-refractivity contribution in [2.45, 2.75) is 31.4 Å². The zero-order valence-corrected chi connectivity index (χ0v) is 14.4. The van der Waals surface area contributed by atoms with Crippen molar-refractivity contribution in [2.75, 3.05) is 0 Å². The minimum Gasteiger partial charge on any atom is -0.294 e. The number of aromatic nitrogens is 1. The van der Waals surface area contributed by atoms with E-state index in [0.717, 1.165) is 16.8 Å². The molecule has 0 saturated heterocycles. The number of ketones is 1. The van der Waals surface area contributed by atoms with E-state index in [4.69, 9.17) is 0 Å². The van der Waals surface area contributed by atoms with E-state index in [-0.39, 0.29) is 18.6 Å². The maximum Gasteiger partial charge on any atom is 0.389 e. The number of rotatable bonds is 6. The highest BCUT2D eigenvalue weighted by molar-refractivity contribution is 7.18. The lowest BCUT2D eigenvalue weighted by molar-refractivity contribution is -0.139. The number of fused-ring (bicyclic) bond motifs is 1. The molecule has 0 N–H and O–H groups in total. The lowest BCUT2D eigenvalue weighted by Crippen LogP contribution is -2.15. The predicted octanol–water partition coefficient (Wildman–Crippen LogP) is 6.13. The molecule has 0 radical (unpaired) electrons. The molecule has 7 heteroatoms. The number of thiazole rings is 1. The minimum absolute atomic E-state index is 0.0372. The van der Waals surface area contributed by atoms with Crippen LogP contribution in [-0.4, -0.2) is 16.9 Å². The Morgan fingerprint density at radius 2 is 1.77 bits per heavy atom. The molecule has 0 saturated carbocycles. The highest BCUT2D eigenvalue weighted by Crippen LogP contribution is 2.38. The number of halogens is 4. The van der Waals surface area contributed by atoms with Gasteiger partial charge < -0.3 is 0 Å². The summed E-state index contributed by atoms with van der Waals surface area (Å²) in [5.41, 5.74) is 0.950. The summed E-state index contributed by atoms with van der Waals surface area (Å²) >= 11 is 1.22. The first-order valence-corrected chi connectivity index (χ1v) is 8.84. The third kappa shape index (κ3) is 4.66. The van der Waals surface area contributed by atoms with Gasteiger partial charge in [-0.1, -0.05) is 12.1 Å². The van der Waals surface area contributed by atoms with Crippen molar-refractivity contribution in [1.29, 1.82) is 0 Å². The van der Waals surface area contributed by atoms with E-state index < -0.39 is 24.3 Å². The molecule has 3 rings (SSSR count). The Bertz CT molecular complexity index is 869. The second-order valence-corrected chi connectivity index (χ2v) is 7.07. The predicted molar refractivity (Wildman–Crippen MR) is 93.0 cm³/mol. The first kappa shape index (κ1) is 18.5. The Labute approximate surface area is 151 Å². The van der Waals surface area contributed by atoms with Crippen LogP contribution in [0.1, 0.15) is 40.5 Å². The van der Waals surface area contributed by atoms with Gasteiger partial charge in [0.15, 0.2) is 5.78 Å². The maximum absolute atomic E-state index is 13.0. The van der Waals surface area contributed by atoms with Crippen LogP contribution in [0.5, 0.6) is 0 Å². The Hall–Kier alpha value is -2.28. The molecule has 1 atom stereocenters. The summed E-state index contributed by atoms with van der Waals surface area (Å²) in [7, 11) is 0. The first-order valence-electron chi connectivity index (χ1n) is 8.03. The van der Waals surface area contributed by atoms with E-state index in [9.17, 15) is 22.4 Å². The number of alkyl halides is 3. The number of para-hydroxylation sites is 1. The summed E-state index contributed by atoms with van der Waals surface area (Å²) in [5, 5.41) is 0.385. The Morgan fingerprint density at radius 3 is 2.42 bits per heavy atom. The van der Waals surface area contributed by atoms with Crippen LogP contribution >= 0.6 is 11.3 Å². The number of hydrogen-bond acceptors (Lipinski definition) is 3. The van der Waals surface area contributed by atoms with Crippen LogP contribution in [0, 0.1) is 5.82 Å². The number of carbonyl (C=O) groups excluding carboxylic acids is 1. The molecule has 2 nitrogen and oxygen atoms in total. The second-order valence-electron chi connectivity index (χ2n) is 6.00. The van der Waals surface area contributed by atoms with Crippen LogP contribution in [0.3, 0.4) is 0 Å². The largest absolute Gasteiger partial charge is 0.389 e. The van der Waals surface area contributed by atoms with Gasteiger partial charge in [0.05, 0.1) is 21.6 Å². The van der Waals surface area contributed by atoms with Crippen LogP contribution in [0.2, 0.25) is 0 Å². The van der Waals surface area contributed by atoms with Crippen LogP contribution in [-0.2, 0) is 0 Å². The third-order valence-corrected chi connectivity index (χ3v) is 5.22. The van der Waals surface area contributed by atoms with E-state index in [1.807, 2.05) is 6.07 Å². The van der Waals surface area contributed by atoms with E-state index in [1.165, 1.54) is 23.5 Å². The van der Waals surface area contributed by atoms with Crippen molar-refractivity contribution in [3.63, 3.8) is 0 Å². The van der Waals surface area contributed by atoms with Crippen molar-refractivity contribution in [3.05, 3.63) is 64.9 Å². The van der Waals surface area contributed by atoms with Crippen molar-refractivity contribution in [2.24, 2.45) is 0 Å². The Kier molecular flexibility index (Phi) is 5.36. The van der Waals surface area contributed by atoms with E-state index in [0.29, 0.717) is 16.1 Å². The third-order valence-electron chi connectivity index (χ3n) is 4.02. The van der Waals surface area contributed by atoms with Gasteiger partial charge in [-0.25, -0.2) is 9.37 Å². The summed E-state index contributed by atoms with van der Waals surface area (Å²) in [5.74, 6) is -1.65. The summed E-state index contributed by atoms with van der Waals surface area (Å²) in [4.78, 5) is 16.5. The van der Waals surface area contributed by atoms with Crippen molar-refractivity contribution in [3.8, 4) is 0 Å². The van der Waals surface area contributed by atoms with Gasteiger partial charge in [0.25, 0.3) is 0 Å². The van der Waals surface area contributed by atoms with Gasteiger partial charge in [0.1, 0.15) is 5.82 Å². The summed E-state index contributed by atoms with van der Waals surface area (Å²) in [6.45, 7) is 0. The SMILES string of the molecule is O=C(CCC(CC(F)(F)F)c1nc2ccccc2s1)c1ccc(F)cc1. The molecule has 26 heavy (non-hydrogen) atoms. The maximum atomic E-state index is 13.0. The van der Waals surface area contributed by atoms with Gasteiger partial charge in [-0.2, -0.15) is 13.2 Å². The van der Waals surface area contributed by atoms with E-state index in [1.54, 1.807) is 18.2 Å². The average molecular weight is 381 g/mol. The van der Waals surface area contributed by atoms with Crippen molar-refractivity contribution in [1.82, 2.24) is 4.98 Å². The van der Waals surface area contributed by atoms with Crippen LogP contribution in [0.15, 0.2) is 48.5 Å². The lowest BCUT2D eigenvalue weighted by Gasteiger charge is -2.16. The quantitative estimate of drug-likeness (QED) is 0.379. The summed E-state index contributed by atoms with van der Waals surface area (Å²) < 4.78 is 52.7. The summed E-state index contributed by atoms with van der Waals surface area (Å²) in [6, 6.07) is 12.2. The number of hydrogen-bond donors (Lipinski definition) is 0. The van der Waals surface area contributed by atoms with Crippen LogP contribution in [0.25, 0.3) is 10.2 Å². The van der Waals surface area contributed by atoms with Crippen LogP contribution < -0.4 is 0 Å². The molecule has 0 aliphatic heterocycles. The van der Waals surface area contributed by atoms with E-state index in [2.05, 4.69) is 4.98 Å². The molecule has 0 amide bonds. The number of Topliss-reactive ketones (excluding diaryl/α,β-unsaturated/α-hetero) is 1. The number of nitrogens with zero attached hydrogens (tertiary/aromatic N) is 1. The molecule has 1 aromatic heterocycles. The van der Waals surface area contributed by atoms with Crippen molar-refractivity contribution < 1.29 is 22.4 Å². The van der Waals surface area contributed by atoms with Gasteiger partial charge in [0.2, 0.25) is 0 Å². The highest BCUT2D eigenvalue weighted by Gasteiger charge is 2.34. The zero-order chi connectivity index (χ0) is 18.7. The molecule has 0 bridgehead atoms. The molecule has 0 fully saturated rings. The number of benzene rings is 2. The lowest BCUT2D eigenvalue weighted by atomic mass is 9.96. The molecular formula is C19H15F4NOS. The Morgan fingerprint density at radius 1 is 1.08 bits per heavy atom. The normalized spacial score (nSPS) is 13.1. The fraction of sp³-hybridized carbons (Fsp3) is 0.263. The summed E-state index contributed by atoms with van der Waals surface area (Å²) in [6.07, 6.45) is -5.39. The van der Waals surface area contributed by atoms with Gasteiger partial charge in [-0.05, 0) is 42.8 Å². The molecule has 1 heterocycles. The zero-order valence-electron chi connectivity index (χ0n) is 13.6. The van der Waals surface area contributed by atoms with Gasteiger partial charge in [-0.3, -0.25) is 4.79 Å². The molecule has 1 unspecified atom stereocenters. The minimum atomic E-state index is -4.35. The molecule has 136 valence electrons. The molecule has 2 aromatic carbocycles. The first-order chi connectivity index (χ1) is 12.3. The molecule has 0 spiro atoms. The van der Waals surface area contributed by atoms with Gasteiger partial charge in [-0.15, -0.1) is 11.3 Å². The monoisotopic (exact) mass is 381 g/mol.